The second kappa shape index (κ2) is 15.4. The Morgan fingerprint density at radius 3 is 2.62 bits per heavy atom. The number of aromatic nitrogens is 2. The summed E-state index contributed by atoms with van der Waals surface area (Å²) in [7, 11) is 0. The lowest BCUT2D eigenvalue weighted by molar-refractivity contribution is -0.154. The molecular weight excluding hydrogens is 618 g/mol. The Labute approximate surface area is 279 Å². The quantitative estimate of drug-likeness (QED) is 0.182. The molecule has 1 aromatic carbocycles. The maximum absolute atomic E-state index is 13.0. The first-order chi connectivity index (χ1) is 23.0. The van der Waals surface area contributed by atoms with Crippen molar-refractivity contribution in [3.8, 4) is 11.3 Å². The number of ether oxygens (including phenoxy) is 2. The van der Waals surface area contributed by atoms with E-state index < -0.39 is 54.1 Å². The van der Waals surface area contributed by atoms with Crippen LogP contribution in [0.5, 0.6) is 0 Å². The van der Waals surface area contributed by atoms with Crippen LogP contribution in [0.2, 0.25) is 0 Å². The number of esters is 1. The number of aliphatic hydroxyl groups excluding tert-OH is 1. The van der Waals surface area contributed by atoms with E-state index in [0.717, 1.165) is 18.4 Å². The minimum atomic E-state index is -1.02. The van der Waals surface area contributed by atoms with Crippen molar-refractivity contribution in [1.29, 1.82) is 0 Å². The van der Waals surface area contributed by atoms with Gasteiger partial charge >= 0.3 is 11.7 Å². The normalized spacial score (nSPS) is 22.3. The first-order valence-electron chi connectivity index (χ1n) is 17.0. The number of hydrogen-bond donors (Lipinski definition) is 3. The van der Waals surface area contributed by atoms with Crippen molar-refractivity contribution in [2.24, 2.45) is 11.7 Å². The molecule has 48 heavy (non-hydrogen) atoms. The number of hydrogen-bond acceptors (Lipinski definition) is 10. The monoisotopic (exact) mass is 665 g/mol. The van der Waals surface area contributed by atoms with Crippen LogP contribution in [0.1, 0.15) is 78.0 Å². The molecule has 6 atom stereocenters. The molecule has 0 saturated carbocycles. The predicted octanol–water partition coefficient (Wildman–Crippen LogP) is 3.06. The molecule has 3 aromatic rings. The van der Waals surface area contributed by atoms with Gasteiger partial charge in [0.2, 0.25) is 17.5 Å². The number of carbonyl (C=O) groups is 3. The van der Waals surface area contributed by atoms with Gasteiger partial charge in [-0.3, -0.25) is 14.2 Å². The van der Waals surface area contributed by atoms with Gasteiger partial charge < -0.3 is 34.9 Å². The second-order valence-corrected chi connectivity index (χ2v) is 13.2. The Bertz CT molecular complexity index is 1650. The Balaban J connectivity index is 1.16. The number of nitrogens with two attached hydrogens (primary N) is 1. The number of likely N-dealkylation sites (tertiary alicyclic amines) is 1. The van der Waals surface area contributed by atoms with Crippen LogP contribution in [0, 0.1) is 5.92 Å². The fraction of sp³-hybridized carbons (Fsp3) is 0.571. The van der Waals surface area contributed by atoms with E-state index in [1.165, 1.54) is 34.8 Å². The highest BCUT2D eigenvalue weighted by molar-refractivity contribution is 5.92. The summed E-state index contributed by atoms with van der Waals surface area (Å²) in [6, 6.07) is 7.52. The number of carbonyl (C=O) groups excluding carboxylic acids is 3. The van der Waals surface area contributed by atoms with Crippen LogP contribution >= 0.6 is 0 Å². The summed E-state index contributed by atoms with van der Waals surface area (Å²) in [6.07, 6.45) is 4.58. The van der Waals surface area contributed by atoms with Gasteiger partial charge in [0.25, 0.3) is 0 Å². The minimum Gasteiger partial charge on any atom is -0.461 e. The topological polar surface area (TPSA) is 179 Å². The van der Waals surface area contributed by atoms with Crippen molar-refractivity contribution >= 4 is 28.9 Å². The van der Waals surface area contributed by atoms with Crippen LogP contribution < -0.4 is 16.7 Å². The number of nitrogens with one attached hydrogen (secondary N) is 1. The van der Waals surface area contributed by atoms with Gasteiger partial charge in [0.05, 0.1) is 17.5 Å². The summed E-state index contributed by atoms with van der Waals surface area (Å²) in [5.74, 6) is -0.961. The molecule has 2 aliphatic heterocycles. The molecule has 0 bridgehead atoms. The fourth-order valence-corrected chi connectivity index (χ4v) is 6.16. The average Bonchev–Trinajstić information content (AvgIpc) is 3.81. The number of furan rings is 1. The molecule has 4 N–H and O–H groups in total. The van der Waals surface area contributed by atoms with Crippen molar-refractivity contribution in [3.05, 3.63) is 52.6 Å². The van der Waals surface area contributed by atoms with Crippen LogP contribution in [-0.4, -0.2) is 80.8 Å². The number of nitrogens with zero attached hydrogens (tertiary/aromatic N) is 3. The second-order valence-electron chi connectivity index (χ2n) is 13.2. The van der Waals surface area contributed by atoms with E-state index in [1.807, 2.05) is 32.0 Å². The minimum absolute atomic E-state index is 0.0759. The molecule has 2 amide bonds. The van der Waals surface area contributed by atoms with Gasteiger partial charge in [0.15, 0.2) is 0 Å². The highest BCUT2D eigenvalue weighted by Crippen LogP contribution is 2.31. The third kappa shape index (κ3) is 7.96. The summed E-state index contributed by atoms with van der Waals surface area (Å²) in [6.45, 7) is 7.49. The van der Waals surface area contributed by atoms with Gasteiger partial charge in [-0.2, -0.15) is 4.98 Å². The van der Waals surface area contributed by atoms with Crippen molar-refractivity contribution < 1.29 is 33.4 Å². The van der Waals surface area contributed by atoms with Gasteiger partial charge in [-0.25, -0.2) is 9.59 Å². The average molecular weight is 666 g/mol. The van der Waals surface area contributed by atoms with E-state index in [1.54, 1.807) is 6.20 Å². The number of aryl methyl sites for hydroxylation is 1. The molecule has 2 aliphatic rings. The Hall–Kier alpha value is -4.07. The van der Waals surface area contributed by atoms with E-state index in [-0.39, 0.29) is 30.6 Å². The van der Waals surface area contributed by atoms with E-state index >= 15 is 0 Å². The third-order valence-electron chi connectivity index (χ3n) is 9.20. The number of aliphatic hydroxyl groups is 1. The van der Waals surface area contributed by atoms with Gasteiger partial charge in [-0.15, -0.1) is 0 Å². The molecule has 260 valence electrons. The van der Waals surface area contributed by atoms with Crippen LogP contribution in [-0.2, 0) is 30.3 Å². The third-order valence-corrected chi connectivity index (χ3v) is 9.20. The van der Waals surface area contributed by atoms with E-state index in [9.17, 15) is 24.3 Å². The number of benzene rings is 1. The van der Waals surface area contributed by atoms with Crippen molar-refractivity contribution in [1.82, 2.24) is 19.8 Å². The largest absolute Gasteiger partial charge is 0.461 e. The fourth-order valence-electron chi connectivity index (χ4n) is 6.16. The molecule has 0 aliphatic carbocycles. The number of rotatable bonds is 13. The van der Waals surface area contributed by atoms with Crippen LogP contribution in [0.4, 0.5) is 0 Å². The molecule has 13 nitrogen and oxygen atoms in total. The molecule has 2 fully saturated rings. The number of amides is 2. The molecule has 0 unspecified atom stereocenters. The van der Waals surface area contributed by atoms with Gasteiger partial charge in [0, 0.05) is 24.7 Å². The van der Waals surface area contributed by atoms with Gasteiger partial charge in [-0.1, -0.05) is 57.9 Å². The Morgan fingerprint density at radius 2 is 1.92 bits per heavy atom. The standard InChI is InChI=1S/C35H47N5O8/c1-5-6-7-9-22-11-13-23(14-12-22)27-16-24-18-40(35(45)38-32(24)48-27)29-17-26(41)28(47-29)19-46-34(44)21(4)37-31(42)25-10-8-15-39(25)33(43)30(36)20(2)3/h11-14,16,18,20-21,25-26,28-30,41H,5-10,15,17,19,36H2,1-4H3,(H,37,42)/t21-,25-,26-,28+,29+,30-/m0/s1. The van der Waals surface area contributed by atoms with Crippen LogP contribution in [0.25, 0.3) is 22.4 Å². The lowest BCUT2D eigenvalue weighted by atomic mass is 10.0. The zero-order valence-electron chi connectivity index (χ0n) is 28.1. The summed E-state index contributed by atoms with van der Waals surface area (Å²) in [5.41, 5.74) is 7.75. The molecule has 0 radical (unpaired) electrons. The molecule has 2 aromatic heterocycles. The number of fused-ring (bicyclic) bond motifs is 1. The van der Waals surface area contributed by atoms with Crippen LogP contribution in [0.15, 0.2) is 45.7 Å². The zero-order valence-corrected chi connectivity index (χ0v) is 28.1. The number of unbranched alkanes of at least 4 members (excludes halogenated alkanes) is 2. The molecule has 0 spiro atoms. The highest BCUT2D eigenvalue weighted by atomic mass is 16.6. The van der Waals surface area contributed by atoms with E-state index in [0.29, 0.717) is 30.5 Å². The van der Waals surface area contributed by atoms with E-state index in [2.05, 4.69) is 29.4 Å². The first kappa shape index (κ1) is 35.2. The lowest BCUT2D eigenvalue weighted by Gasteiger charge is -2.28. The van der Waals surface area contributed by atoms with Gasteiger partial charge in [-0.05, 0) is 50.2 Å². The highest BCUT2D eigenvalue weighted by Gasteiger charge is 2.39. The summed E-state index contributed by atoms with van der Waals surface area (Å²) < 4.78 is 18.5. The van der Waals surface area contributed by atoms with E-state index in [4.69, 9.17) is 19.6 Å². The molecule has 13 heteroatoms. The maximum atomic E-state index is 13.0. The smallest absolute Gasteiger partial charge is 0.353 e. The summed E-state index contributed by atoms with van der Waals surface area (Å²) in [4.78, 5) is 57.0. The van der Waals surface area contributed by atoms with Crippen molar-refractivity contribution in [2.75, 3.05) is 13.2 Å². The van der Waals surface area contributed by atoms with Crippen LogP contribution in [0.3, 0.4) is 0 Å². The molecular formula is C35H47N5O8. The SMILES string of the molecule is CCCCCc1ccc(-c2cc3cn([C@H]4C[C@H](O)[C@@H](COC(=O)[C@H](C)NC(=O)[C@@H]5CCCN5C(=O)[C@@H](N)C(C)C)O4)c(=O)nc3o2)cc1. The van der Waals surface area contributed by atoms with Gasteiger partial charge in [0.1, 0.15) is 36.8 Å². The van der Waals surface area contributed by atoms with Crippen molar-refractivity contribution in [2.45, 2.75) is 109 Å². The predicted molar refractivity (Wildman–Crippen MR) is 178 cm³/mol. The molecule has 4 heterocycles. The van der Waals surface area contributed by atoms with Crippen molar-refractivity contribution in [3.63, 3.8) is 0 Å². The molecule has 5 rings (SSSR count). The zero-order chi connectivity index (χ0) is 34.5. The summed E-state index contributed by atoms with van der Waals surface area (Å²) >= 11 is 0. The Kier molecular flexibility index (Phi) is 11.3. The first-order valence-corrected chi connectivity index (χ1v) is 17.0. The Morgan fingerprint density at radius 1 is 1.17 bits per heavy atom. The lowest BCUT2D eigenvalue weighted by Crippen LogP contribution is -2.54. The molecule has 2 saturated heterocycles. The summed E-state index contributed by atoms with van der Waals surface area (Å²) in [5, 5.41) is 13.9. The maximum Gasteiger partial charge on any atom is 0.353 e.